The molecule has 2 heteroatoms. The summed E-state index contributed by atoms with van der Waals surface area (Å²) < 4.78 is 0. The molecular weight excluding hydrogens is 164 g/mol. The van der Waals surface area contributed by atoms with Crippen molar-refractivity contribution < 1.29 is 10.2 Å². The molecule has 1 aromatic rings. The summed E-state index contributed by atoms with van der Waals surface area (Å²) >= 11 is 0. The molecule has 1 atom stereocenters. The lowest BCUT2D eigenvalue weighted by Crippen LogP contribution is -2.12. The van der Waals surface area contributed by atoms with Crippen LogP contribution in [0.4, 0.5) is 0 Å². The number of benzene rings is 1. The highest BCUT2D eigenvalue weighted by Crippen LogP contribution is 2.33. The zero-order valence-corrected chi connectivity index (χ0v) is 7.53. The maximum absolute atomic E-state index is 9.32. The summed E-state index contributed by atoms with van der Waals surface area (Å²) in [5.41, 5.74) is 2.41. The van der Waals surface area contributed by atoms with Gasteiger partial charge in [-0.3, -0.25) is 0 Å². The number of phenols is 1. The van der Waals surface area contributed by atoms with Crippen molar-refractivity contribution in [3.8, 4) is 5.75 Å². The third-order valence-electron chi connectivity index (χ3n) is 2.79. The third-order valence-corrected chi connectivity index (χ3v) is 2.79. The predicted octanol–water partition coefficient (Wildman–Crippen LogP) is 1.80. The van der Waals surface area contributed by atoms with Crippen LogP contribution >= 0.6 is 0 Å². The number of hydrogen-bond acceptors (Lipinski definition) is 2. The third kappa shape index (κ3) is 1.54. The molecule has 0 radical (unpaired) electrons. The van der Waals surface area contributed by atoms with Gasteiger partial charge in [-0.05, 0) is 42.5 Å². The number of phenolic OH excluding ortho intramolecular Hbond substituents is 1. The highest BCUT2D eigenvalue weighted by atomic mass is 16.3. The molecule has 0 fully saturated rings. The molecule has 1 aromatic carbocycles. The van der Waals surface area contributed by atoms with E-state index in [1.165, 1.54) is 5.56 Å². The largest absolute Gasteiger partial charge is 0.508 e. The van der Waals surface area contributed by atoms with Crippen LogP contribution in [-0.2, 0) is 6.42 Å². The van der Waals surface area contributed by atoms with Crippen LogP contribution in [0.15, 0.2) is 18.2 Å². The van der Waals surface area contributed by atoms with Gasteiger partial charge in [0, 0.05) is 12.5 Å². The molecule has 0 aromatic heterocycles. The van der Waals surface area contributed by atoms with Gasteiger partial charge in [-0.2, -0.15) is 0 Å². The smallest absolute Gasteiger partial charge is 0.115 e. The van der Waals surface area contributed by atoms with Gasteiger partial charge in [0.05, 0.1) is 0 Å². The summed E-state index contributed by atoms with van der Waals surface area (Å²) in [4.78, 5) is 0. The lowest BCUT2D eigenvalue weighted by atomic mass is 9.83. The van der Waals surface area contributed by atoms with E-state index < -0.39 is 0 Å². The average Bonchev–Trinajstić information content (AvgIpc) is 2.17. The van der Waals surface area contributed by atoms with E-state index in [0.29, 0.717) is 5.75 Å². The topological polar surface area (TPSA) is 40.5 Å². The fraction of sp³-hybridized carbons (Fsp3) is 0.455. The fourth-order valence-electron chi connectivity index (χ4n) is 2.07. The van der Waals surface area contributed by atoms with Gasteiger partial charge in [0.2, 0.25) is 0 Å². The summed E-state index contributed by atoms with van der Waals surface area (Å²) in [6.07, 6.45) is 3.25. The summed E-state index contributed by atoms with van der Waals surface area (Å²) in [6.45, 7) is 0.191. The first kappa shape index (κ1) is 8.57. The molecule has 0 saturated carbocycles. The van der Waals surface area contributed by atoms with E-state index in [1.54, 1.807) is 12.1 Å². The highest BCUT2D eigenvalue weighted by molar-refractivity contribution is 5.38. The number of fused-ring (bicyclic) bond motifs is 1. The number of aliphatic hydroxyl groups is 1. The maximum atomic E-state index is 9.32. The van der Waals surface area contributed by atoms with Crippen LogP contribution in [0.2, 0.25) is 0 Å². The monoisotopic (exact) mass is 178 g/mol. The Hall–Kier alpha value is -1.02. The van der Waals surface area contributed by atoms with Gasteiger partial charge in [-0.15, -0.1) is 0 Å². The van der Waals surface area contributed by atoms with Crippen molar-refractivity contribution in [2.45, 2.75) is 25.2 Å². The second-order valence-corrected chi connectivity index (χ2v) is 3.65. The zero-order valence-electron chi connectivity index (χ0n) is 7.53. The molecule has 2 rings (SSSR count). The first-order chi connectivity index (χ1) is 6.31. The fourth-order valence-corrected chi connectivity index (χ4v) is 2.07. The number of aromatic hydroxyl groups is 1. The standard InChI is InChI=1S/C11H14O2/c12-7-9-3-1-2-8-4-5-10(13)6-11(8)9/h4-6,9,12-13H,1-3,7H2. The van der Waals surface area contributed by atoms with Crippen LogP contribution in [0.25, 0.3) is 0 Å². The van der Waals surface area contributed by atoms with Gasteiger partial charge in [-0.25, -0.2) is 0 Å². The maximum Gasteiger partial charge on any atom is 0.115 e. The van der Waals surface area contributed by atoms with E-state index in [9.17, 15) is 5.11 Å². The SMILES string of the molecule is OCC1CCCc2ccc(O)cc21. The molecule has 1 unspecified atom stereocenters. The normalized spacial score (nSPS) is 21.2. The van der Waals surface area contributed by atoms with Gasteiger partial charge < -0.3 is 10.2 Å². The van der Waals surface area contributed by atoms with E-state index in [4.69, 9.17) is 5.11 Å². The molecule has 70 valence electrons. The van der Waals surface area contributed by atoms with Crippen LogP contribution in [0.1, 0.15) is 29.9 Å². The number of aryl methyl sites for hydroxylation is 1. The summed E-state index contributed by atoms with van der Waals surface area (Å²) in [5, 5.41) is 18.5. The Morgan fingerprint density at radius 3 is 3.00 bits per heavy atom. The van der Waals surface area contributed by atoms with E-state index in [-0.39, 0.29) is 12.5 Å². The number of aliphatic hydroxyl groups excluding tert-OH is 1. The first-order valence-electron chi connectivity index (χ1n) is 4.74. The van der Waals surface area contributed by atoms with Gasteiger partial charge in [0.1, 0.15) is 5.75 Å². The number of hydrogen-bond donors (Lipinski definition) is 2. The lowest BCUT2D eigenvalue weighted by Gasteiger charge is -2.23. The van der Waals surface area contributed by atoms with Crippen LogP contribution in [0, 0.1) is 0 Å². The van der Waals surface area contributed by atoms with Crippen molar-refractivity contribution in [3.63, 3.8) is 0 Å². The predicted molar refractivity (Wildman–Crippen MR) is 50.9 cm³/mol. The molecule has 2 N–H and O–H groups in total. The minimum absolute atomic E-state index is 0.191. The molecule has 0 heterocycles. The molecule has 0 amide bonds. The molecule has 0 bridgehead atoms. The van der Waals surface area contributed by atoms with Crippen molar-refractivity contribution in [2.75, 3.05) is 6.61 Å². The van der Waals surface area contributed by atoms with Crippen LogP contribution in [-0.4, -0.2) is 16.8 Å². The summed E-state index contributed by atoms with van der Waals surface area (Å²) in [7, 11) is 0. The molecule has 13 heavy (non-hydrogen) atoms. The molecule has 0 saturated heterocycles. The molecule has 1 aliphatic rings. The Morgan fingerprint density at radius 2 is 2.23 bits per heavy atom. The Labute approximate surface area is 77.8 Å². The number of rotatable bonds is 1. The van der Waals surface area contributed by atoms with E-state index in [2.05, 4.69) is 0 Å². The van der Waals surface area contributed by atoms with Gasteiger partial charge in [0.25, 0.3) is 0 Å². The van der Waals surface area contributed by atoms with Crippen molar-refractivity contribution >= 4 is 0 Å². The Balaban J connectivity index is 2.41. The Bertz CT molecular complexity index is 307. The van der Waals surface area contributed by atoms with E-state index in [0.717, 1.165) is 24.8 Å². The van der Waals surface area contributed by atoms with Crippen LogP contribution in [0.5, 0.6) is 5.75 Å². The van der Waals surface area contributed by atoms with Gasteiger partial charge in [0.15, 0.2) is 0 Å². The molecule has 2 nitrogen and oxygen atoms in total. The second-order valence-electron chi connectivity index (χ2n) is 3.65. The highest BCUT2D eigenvalue weighted by Gasteiger charge is 2.19. The first-order valence-corrected chi connectivity index (χ1v) is 4.74. The van der Waals surface area contributed by atoms with Crippen LogP contribution < -0.4 is 0 Å². The van der Waals surface area contributed by atoms with Crippen molar-refractivity contribution in [3.05, 3.63) is 29.3 Å². The van der Waals surface area contributed by atoms with Crippen molar-refractivity contribution in [2.24, 2.45) is 0 Å². The minimum atomic E-state index is 0.191. The Morgan fingerprint density at radius 1 is 1.38 bits per heavy atom. The zero-order chi connectivity index (χ0) is 9.26. The second kappa shape index (κ2) is 3.38. The Kier molecular flexibility index (Phi) is 2.23. The summed E-state index contributed by atoms with van der Waals surface area (Å²) in [5.74, 6) is 0.537. The minimum Gasteiger partial charge on any atom is -0.508 e. The lowest BCUT2D eigenvalue weighted by molar-refractivity contribution is 0.252. The van der Waals surface area contributed by atoms with Crippen LogP contribution in [0.3, 0.4) is 0 Å². The van der Waals surface area contributed by atoms with E-state index >= 15 is 0 Å². The molecule has 0 aliphatic heterocycles. The average molecular weight is 178 g/mol. The van der Waals surface area contributed by atoms with Gasteiger partial charge in [-0.1, -0.05) is 6.07 Å². The van der Waals surface area contributed by atoms with Crippen molar-refractivity contribution in [1.29, 1.82) is 0 Å². The quantitative estimate of drug-likeness (QED) is 0.688. The molecule has 0 spiro atoms. The van der Waals surface area contributed by atoms with Gasteiger partial charge >= 0.3 is 0 Å². The summed E-state index contributed by atoms with van der Waals surface area (Å²) in [6, 6.07) is 5.47. The molecule has 1 aliphatic carbocycles. The molecular formula is C11H14O2. The van der Waals surface area contributed by atoms with Crippen molar-refractivity contribution in [1.82, 2.24) is 0 Å². The van der Waals surface area contributed by atoms with E-state index in [1.807, 2.05) is 6.07 Å².